The monoisotopic (exact) mass is 350 g/mol. The number of carbonyl (C=O) groups excluding carboxylic acids is 1. The third-order valence-corrected chi connectivity index (χ3v) is 4.61. The van der Waals surface area contributed by atoms with Crippen molar-refractivity contribution < 1.29 is 4.79 Å². The normalized spacial score (nSPS) is 12.0. The Hall–Kier alpha value is -1.89. The van der Waals surface area contributed by atoms with Gasteiger partial charge in [-0.25, -0.2) is 4.68 Å². The lowest BCUT2D eigenvalue weighted by Crippen LogP contribution is -2.37. The second-order valence-electron chi connectivity index (χ2n) is 5.27. The van der Waals surface area contributed by atoms with Crippen LogP contribution in [0.3, 0.4) is 0 Å². The highest BCUT2D eigenvalue weighted by atomic mass is 35.5. The quantitative estimate of drug-likeness (QED) is 0.759. The van der Waals surface area contributed by atoms with Gasteiger partial charge in [-0.1, -0.05) is 18.2 Å². The minimum absolute atomic E-state index is 0. The fourth-order valence-electron chi connectivity index (χ4n) is 2.26. The molecule has 0 saturated heterocycles. The number of amides is 1. The standard InChI is InChI=1S/C16H18N4OS.ClH/c1-10(9-17)18-15(21)14-8-13-11(2)19-20(16(13)22-14)12-6-4-3-5-7-12;/h3-8,10H,9,17H2,1-2H3,(H,18,21);1H/t10-;/m0./s1. The topological polar surface area (TPSA) is 72.9 Å². The third kappa shape index (κ3) is 3.39. The van der Waals surface area contributed by atoms with Crippen LogP contribution in [0, 0.1) is 6.92 Å². The molecule has 1 amide bonds. The number of fused-ring (bicyclic) bond motifs is 1. The van der Waals surface area contributed by atoms with Crippen molar-refractivity contribution in [2.24, 2.45) is 5.73 Å². The molecule has 1 atom stereocenters. The number of benzene rings is 1. The van der Waals surface area contributed by atoms with Gasteiger partial charge in [-0.3, -0.25) is 4.79 Å². The van der Waals surface area contributed by atoms with E-state index in [1.807, 2.05) is 54.9 Å². The van der Waals surface area contributed by atoms with Crippen LogP contribution < -0.4 is 11.1 Å². The van der Waals surface area contributed by atoms with Crippen molar-refractivity contribution in [3.63, 3.8) is 0 Å². The van der Waals surface area contributed by atoms with E-state index in [9.17, 15) is 4.79 Å². The number of nitrogens with zero attached hydrogens (tertiary/aromatic N) is 2. The van der Waals surface area contributed by atoms with Crippen LogP contribution in [-0.4, -0.2) is 28.3 Å². The molecule has 0 fully saturated rings. The number of aryl methyl sites for hydroxylation is 1. The summed E-state index contributed by atoms with van der Waals surface area (Å²) in [5, 5.41) is 8.48. The van der Waals surface area contributed by atoms with Crippen LogP contribution >= 0.6 is 23.7 Å². The molecule has 0 aliphatic carbocycles. The minimum atomic E-state index is -0.0850. The van der Waals surface area contributed by atoms with Gasteiger partial charge in [0.25, 0.3) is 5.91 Å². The van der Waals surface area contributed by atoms with Gasteiger partial charge >= 0.3 is 0 Å². The number of nitrogens with two attached hydrogens (primary N) is 1. The van der Waals surface area contributed by atoms with E-state index in [0.29, 0.717) is 11.4 Å². The van der Waals surface area contributed by atoms with Crippen molar-refractivity contribution >= 4 is 39.9 Å². The van der Waals surface area contributed by atoms with Gasteiger partial charge in [0.2, 0.25) is 0 Å². The third-order valence-electron chi connectivity index (χ3n) is 3.50. The summed E-state index contributed by atoms with van der Waals surface area (Å²) in [5.74, 6) is -0.0850. The highest BCUT2D eigenvalue weighted by molar-refractivity contribution is 7.20. The second kappa shape index (κ2) is 7.12. The molecule has 0 unspecified atom stereocenters. The average Bonchev–Trinajstić information content (AvgIpc) is 3.09. The summed E-state index contributed by atoms with van der Waals surface area (Å²) >= 11 is 1.45. The molecule has 5 nitrogen and oxygen atoms in total. The number of rotatable bonds is 4. The van der Waals surface area contributed by atoms with Crippen molar-refractivity contribution in [1.29, 1.82) is 0 Å². The number of nitrogens with one attached hydrogen (secondary N) is 1. The van der Waals surface area contributed by atoms with E-state index in [1.165, 1.54) is 11.3 Å². The Labute approximate surface area is 144 Å². The van der Waals surface area contributed by atoms with Crippen molar-refractivity contribution in [2.75, 3.05) is 6.54 Å². The van der Waals surface area contributed by atoms with E-state index < -0.39 is 0 Å². The lowest BCUT2D eigenvalue weighted by Gasteiger charge is -2.09. The summed E-state index contributed by atoms with van der Waals surface area (Å²) in [6, 6.07) is 11.8. The summed E-state index contributed by atoms with van der Waals surface area (Å²) in [5.41, 5.74) is 7.46. The van der Waals surface area contributed by atoms with Gasteiger partial charge in [-0.05, 0) is 32.0 Å². The summed E-state index contributed by atoms with van der Waals surface area (Å²) in [4.78, 5) is 13.9. The predicted molar refractivity (Wildman–Crippen MR) is 96.9 cm³/mol. The zero-order chi connectivity index (χ0) is 15.7. The zero-order valence-electron chi connectivity index (χ0n) is 12.9. The van der Waals surface area contributed by atoms with E-state index in [1.54, 1.807) is 0 Å². The Balaban J connectivity index is 0.00000192. The van der Waals surface area contributed by atoms with E-state index in [0.717, 1.165) is 21.6 Å². The van der Waals surface area contributed by atoms with Gasteiger partial charge in [-0.15, -0.1) is 23.7 Å². The molecule has 0 radical (unpaired) electrons. The molecule has 0 spiro atoms. The summed E-state index contributed by atoms with van der Waals surface area (Å²) in [6.45, 7) is 4.27. The summed E-state index contributed by atoms with van der Waals surface area (Å²) < 4.78 is 1.89. The van der Waals surface area contributed by atoms with E-state index in [2.05, 4.69) is 10.4 Å². The fourth-order valence-corrected chi connectivity index (χ4v) is 3.34. The number of hydrogen-bond acceptors (Lipinski definition) is 4. The molecular weight excluding hydrogens is 332 g/mol. The van der Waals surface area contributed by atoms with Gasteiger partial charge < -0.3 is 11.1 Å². The Kier molecular flexibility index (Phi) is 5.41. The highest BCUT2D eigenvalue weighted by Crippen LogP contribution is 2.30. The largest absolute Gasteiger partial charge is 0.348 e. The highest BCUT2D eigenvalue weighted by Gasteiger charge is 2.17. The number of aromatic nitrogens is 2. The first-order chi connectivity index (χ1) is 10.6. The summed E-state index contributed by atoms with van der Waals surface area (Å²) in [7, 11) is 0. The molecular formula is C16H19ClN4OS. The molecule has 23 heavy (non-hydrogen) atoms. The Bertz CT molecular complexity index is 812. The van der Waals surface area contributed by atoms with Crippen LogP contribution in [-0.2, 0) is 0 Å². The number of halogens is 1. The van der Waals surface area contributed by atoms with E-state index in [4.69, 9.17) is 5.73 Å². The number of para-hydroxylation sites is 1. The first-order valence-corrected chi connectivity index (χ1v) is 7.97. The molecule has 0 bridgehead atoms. The first-order valence-electron chi connectivity index (χ1n) is 7.15. The smallest absolute Gasteiger partial charge is 0.261 e. The molecule has 3 N–H and O–H groups in total. The SMILES string of the molecule is Cc1nn(-c2ccccc2)c2sc(C(=O)N[C@@H](C)CN)cc12.Cl. The van der Waals surface area contributed by atoms with Crippen LogP contribution in [0.5, 0.6) is 0 Å². The van der Waals surface area contributed by atoms with Crippen LogP contribution in [0.25, 0.3) is 15.9 Å². The van der Waals surface area contributed by atoms with Gasteiger partial charge in [0.1, 0.15) is 4.83 Å². The van der Waals surface area contributed by atoms with E-state index >= 15 is 0 Å². The van der Waals surface area contributed by atoms with Crippen molar-refractivity contribution in [1.82, 2.24) is 15.1 Å². The lowest BCUT2D eigenvalue weighted by molar-refractivity contribution is 0.0945. The summed E-state index contributed by atoms with van der Waals surface area (Å²) in [6.07, 6.45) is 0. The molecule has 3 rings (SSSR count). The second-order valence-corrected chi connectivity index (χ2v) is 6.30. The van der Waals surface area contributed by atoms with Crippen molar-refractivity contribution in [3.05, 3.63) is 47.0 Å². The molecule has 3 aromatic rings. The molecule has 2 aromatic heterocycles. The average molecular weight is 351 g/mol. The lowest BCUT2D eigenvalue weighted by atomic mass is 10.3. The van der Waals surface area contributed by atoms with Crippen molar-refractivity contribution in [3.8, 4) is 5.69 Å². The van der Waals surface area contributed by atoms with Crippen LogP contribution in [0.2, 0.25) is 0 Å². The van der Waals surface area contributed by atoms with Gasteiger partial charge in [0.15, 0.2) is 0 Å². The van der Waals surface area contributed by atoms with Crippen molar-refractivity contribution in [2.45, 2.75) is 19.9 Å². The Morgan fingerprint density at radius 1 is 1.39 bits per heavy atom. The maximum Gasteiger partial charge on any atom is 0.261 e. The predicted octanol–water partition coefficient (Wildman–Crippen LogP) is 2.89. The first kappa shape index (κ1) is 17.5. The molecule has 0 aliphatic rings. The van der Waals surface area contributed by atoms with E-state index in [-0.39, 0.29) is 24.4 Å². The Morgan fingerprint density at radius 2 is 2.09 bits per heavy atom. The van der Waals surface area contributed by atoms with Crippen LogP contribution in [0.4, 0.5) is 0 Å². The van der Waals surface area contributed by atoms with Gasteiger partial charge in [-0.2, -0.15) is 5.10 Å². The number of hydrogen-bond donors (Lipinski definition) is 2. The van der Waals surface area contributed by atoms with Crippen LogP contribution in [0.1, 0.15) is 22.3 Å². The zero-order valence-corrected chi connectivity index (χ0v) is 14.6. The Morgan fingerprint density at radius 3 is 2.74 bits per heavy atom. The number of carbonyl (C=O) groups is 1. The minimum Gasteiger partial charge on any atom is -0.348 e. The molecule has 0 aliphatic heterocycles. The fraction of sp³-hybridized carbons (Fsp3) is 0.250. The maximum atomic E-state index is 12.3. The van der Waals surface area contributed by atoms with Gasteiger partial charge in [0.05, 0.1) is 16.3 Å². The number of thiophene rings is 1. The molecule has 7 heteroatoms. The van der Waals surface area contributed by atoms with Crippen LogP contribution in [0.15, 0.2) is 36.4 Å². The molecule has 0 saturated carbocycles. The maximum absolute atomic E-state index is 12.3. The molecule has 122 valence electrons. The molecule has 1 aromatic carbocycles. The van der Waals surface area contributed by atoms with Gasteiger partial charge in [0, 0.05) is 18.0 Å². The molecule has 2 heterocycles.